The van der Waals surface area contributed by atoms with Crippen molar-refractivity contribution in [2.45, 2.75) is 6.42 Å². The lowest BCUT2D eigenvalue weighted by Crippen LogP contribution is -2.05. The van der Waals surface area contributed by atoms with Gasteiger partial charge in [0.15, 0.2) is 0 Å². The third-order valence-electron chi connectivity index (χ3n) is 2.59. The predicted octanol–water partition coefficient (Wildman–Crippen LogP) is 2.94. The largest absolute Gasteiger partial charge is 0.319 e. The van der Waals surface area contributed by atoms with Crippen molar-refractivity contribution in [3.8, 4) is 11.8 Å². The molecule has 0 unspecified atom stereocenters. The average molecular weight is 227 g/mol. The molecule has 2 aromatic rings. The lowest BCUT2D eigenvalue weighted by Gasteiger charge is -2.01. The Morgan fingerprint density at radius 3 is 2.65 bits per heavy atom. The first-order chi connectivity index (χ1) is 8.33. The molecule has 0 spiro atoms. The summed E-state index contributed by atoms with van der Waals surface area (Å²) in [5.74, 6) is 5.98. The summed E-state index contributed by atoms with van der Waals surface area (Å²) in [5, 5.41) is 4.55. The summed E-state index contributed by atoms with van der Waals surface area (Å²) in [6.07, 6.45) is 0.794. The summed E-state index contributed by atoms with van der Waals surface area (Å²) < 4.78 is 13.6. The van der Waals surface area contributed by atoms with Crippen LogP contribution >= 0.6 is 0 Å². The summed E-state index contributed by atoms with van der Waals surface area (Å²) in [6, 6.07) is 10.6. The fourth-order valence-corrected chi connectivity index (χ4v) is 1.72. The fourth-order valence-electron chi connectivity index (χ4n) is 1.72. The van der Waals surface area contributed by atoms with Gasteiger partial charge in [0.05, 0.1) is 0 Å². The Kier molecular flexibility index (Phi) is 3.74. The lowest BCUT2D eigenvalue weighted by molar-refractivity contribution is 0.640. The molecule has 0 radical (unpaired) electrons. The van der Waals surface area contributed by atoms with Gasteiger partial charge >= 0.3 is 0 Å². The Bertz CT molecular complexity index is 578. The van der Waals surface area contributed by atoms with Gasteiger partial charge < -0.3 is 5.32 Å². The molecule has 2 heteroatoms. The monoisotopic (exact) mass is 227 g/mol. The van der Waals surface area contributed by atoms with Gasteiger partial charge in [0, 0.05) is 29.3 Å². The second kappa shape index (κ2) is 5.47. The van der Waals surface area contributed by atoms with E-state index in [0.717, 1.165) is 23.9 Å². The van der Waals surface area contributed by atoms with Gasteiger partial charge in [-0.2, -0.15) is 0 Å². The fraction of sp³-hybridized carbons (Fsp3) is 0.200. The molecular weight excluding hydrogens is 213 g/mol. The number of benzene rings is 2. The van der Waals surface area contributed by atoms with Crippen molar-refractivity contribution in [1.82, 2.24) is 5.32 Å². The van der Waals surface area contributed by atoms with E-state index in [1.54, 1.807) is 12.1 Å². The molecule has 0 bridgehead atoms. The van der Waals surface area contributed by atoms with Crippen LogP contribution in [0.25, 0.3) is 10.8 Å². The van der Waals surface area contributed by atoms with E-state index in [1.165, 1.54) is 6.07 Å². The molecule has 0 amide bonds. The molecule has 1 N–H and O–H groups in total. The average Bonchev–Trinajstić information content (AvgIpc) is 2.37. The summed E-state index contributed by atoms with van der Waals surface area (Å²) in [5.41, 5.74) is 0.887. The van der Waals surface area contributed by atoms with Crippen molar-refractivity contribution < 1.29 is 4.39 Å². The normalized spacial score (nSPS) is 10.0. The number of rotatable bonds is 2. The highest BCUT2D eigenvalue weighted by atomic mass is 19.1. The Hall–Kier alpha value is -1.85. The van der Waals surface area contributed by atoms with Gasteiger partial charge in [-0.25, -0.2) is 4.39 Å². The number of halogens is 1. The number of hydrogen-bond acceptors (Lipinski definition) is 1. The van der Waals surface area contributed by atoms with Crippen molar-refractivity contribution >= 4 is 10.8 Å². The van der Waals surface area contributed by atoms with Crippen LogP contribution in [0.1, 0.15) is 12.0 Å². The van der Waals surface area contributed by atoms with Crippen LogP contribution in [0.3, 0.4) is 0 Å². The van der Waals surface area contributed by atoms with E-state index in [-0.39, 0.29) is 5.82 Å². The first kappa shape index (κ1) is 11.6. The van der Waals surface area contributed by atoms with Gasteiger partial charge in [0.25, 0.3) is 0 Å². The first-order valence-electron chi connectivity index (χ1n) is 5.63. The van der Waals surface area contributed by atoms with Gasteiger partial charge in [-0.1, -0.05) is 36.1 Å². The van der Waals surface area contributed by atoms with Gasteiger partial charge in [-0.15, -0.1) is 0 Å². The molecule has 0 aromatic heterocycles. The number of hydrogen-bond donors (Lipinski definition) is 1. The van der Waals surface area contributed by atoms with Crippen LogP contribution in [0.2, 0.25) is 0 Å². The smallest absolute Gasteiger partial charge is 0.131 e. The van der Waals surface area contributed by atoms with Gasteiger partial charge in [0.1, 0.15) is 5.82 Å². The second-order valence-corrected chi connectivity index (χ2v) is 3.80. The van der Waals surface area contributed by atoms with Crippen molar-refractivity contribution in [3.05, 3.63) is 47.8 Å². The topological polar surface area (TPSA) is 12.0 Å². The zero-order valence-electron chi connectivity index (χ0n) is 9.76. The number of nitrogens with one attached hydrogen (secondary N) is 1. The van der Waals surface area contributed by atoms with Gasteiger partial charge in [0.2, 0.25) is 0 Å². The minimum atomic E-state index is -0.193. The van der Waals surface area contributed by atoms with Crippen LogP contribution in [0, 0.1) is 17.7 Å². The molecular formula is C15H14FN. The Morgan fingerprint density at radius 1 is 1.12 bits per heavy atom. The molecule has 1 nitrogen and oxygen atoms in total. The SMILES string of the molecule is CNCCC#Cc1ccc(F)c2ccccc12. The molecule has 2 aromatic carbocycles. The molecule has 0 heterocycles. The Balaban J connectivity index is 2.40. The van der Waals surface area contributed by atoms with E-state index in [2.05, 4.69) is 17.2 Å². The minimum absolute atomic E-state index is 0.193. The highest BCUT2D eigenvalue weighted by Gasteiger charge is 2.02. The molecule has 0 saturated carbocycles. The third kappa shape index (κ3) is 2.64. The maximum atomic E-state index is 13.6. The minimum Gasteiger partial charge on any atom is -0.319 e. The van der Waals surface area contributed by atoms with Crippen LogP contribution in [0.5, 0.6) is 0 Å². The molecule has 0 aliphatic heterocycles. The van der Waals surface area contributed by atoms with Crippen LogP contribution in [0.15, 0.2) is 36.4 Å². The molecule has 0 aliphatic rings. The molecule has 2 rings (SSSR count). The third-order valence-corrected chi connectivity index (χ3v) is 2.59. The van der Waals surface area contributed by atoms with Crippen LogP contribution < -0.4 is 5.32 Å². The zero-order valence-corrected chi connectivity index (χ0v) is 9.76. The van der Waals surface area contributed by atoms with Crippen molar-refractivity contribution in [3.63, 3.8) is 0 Å². The van der Waals surface area contributed by atoms with Gasteiger partial charge in [-0.05, 0) is 19.2 Å². The molecule has 0 aliphatic carbocycles. The standard InChI is InChI=1S/C15H14FN/c1-17-11-5-4-6-12-9-10-15(16)14-8-3-2-7-13(12)14/h2-3,7-10,17H,5,11H2,1H3. The Labute approximate surface area is 101 Å². The van der Waals surface area contributed by atoms with E-state index in [4.69, 9.17) is 0 Å². The molecule has 86 valence electrons. The zero-order chi connectivity index (χ0) is 12.1. The van der Waals surface area contributed by atoms with E-state index in [1.807, 2.05) is 25.2 Å². The predicted molar refractivity (Wildman–Crippen MR) is 69.3 cm³/mol. The van der Waals surface area contributed by atoms with Crippen molar-refractivity contribution in [2.75, 3.05) is 13.6 Å². The van der Waals surface area contributed by atoms with Crippen molar-refractivity contribution in [2.24, 2.45) is 0 Å². The maximum absolute atomic E-state index is 13.6. The molecule has 0 fully saturated rings. The van der Waals surface area contributed by atoms with Crippen LogP contribution in [-0.4, -0.2) is 13.6 Å². The Morgan fingerprint density at radius 2 is 1.88 bits per heavy atom. The van der Waals surface area contributed by atoms with E-state index < -0.39 is 0 Å². The van der Waals surface area contributed by atoms with Crippen molar-refractivity contribution in [1.29, 1.82) is 0 Å². The highest BCUT2D eigenvalue weighted by molar-refractivity contribution is 5.88. The van der Waals surface area contributed by atoms with E-state index in [0.29, 0.717) is 5.39 Å². The first-order valence-corrected chi connectivity index (χ1v) is 5.63. The quantitative estimate of drug-likeness (QED) is 0.614. The maximum Gasteiger partial charge on any atom is 0.131 e. The highest BCUT2D eigenvalue weighted by Crippen LogP contribution is 2.20. The lowest BCUT2D eigenvalue weighted by atomic mass is 10.0. The number of fused-ring (bicyclic) bond motifs is 1. The summed E-state index contributed by atoms with van der Waals surface area (Å²) in [6.45, 7) is 0.867. The molecule has 0 saturated heterocycles. The van der Waals surface area contributed by atoms with Gasteiger partial charge in [-0.3, -0.25) is 0 Å². The summed E-state index contributed by atoms with van der Waals surface area (Å²) >= 11 is 0. The second-order valence-electron chi connectivity index (χ2n) is 3.80. The van der Waals surface area contributed by atoms with E-state index in [9.17, 15) is 4.39 Å². The summed E-state index contributed by atoms with van der Waals surface area (Å²) in [4.78, 5) is 0. The molecule has 17 heavy (non-hydrogen) atoms. The molecule has 0 atom stereocenters. The van der Waals surface area contributed by atoms with Crippen LogP contribution in [-0.2, 0) is 0 Å². The summed E-state index contributed by atoms with van der Waals surface area (Å²) in [7, 11) is 1.90. The van der Waals surface area contributed by atoms with E-state index >= 15 is 0 Å². The van der Waals surface area contributed by atoms with Crippen LogP contribution in [0.4, 0.5) is 4.39 Å².